The Kier molecular flexibility index (Phi) is 3.22. The lowest BCUT2D eigenvalue weighted by molar-refractivity contribution is 0.102. The number of nitrogens with one attached hydrogen (secondary N) is 2. The van der Waals surface area contributed by atoms with Gasteiger partial charge in [-0.15, -0.1) is 0 Å². The van der Waals surface area contributed by atoms with Crippen LogP contribution in [-0.4, -0.2) is 28.2 Å². The molecule has 21 heavy (non-hydrogen) atoms. The van der Waals surface area contributed by atoms with E-state index >= 15 is 0 Å². The Balaban J connectivity index is 1.95. The van der Waals surface area contributed by atoms with E-state index in [0.29, 0.717) is 33.3 Å². The van der Waals surface area contributed by atoms with Crippen LogP contribution in [0.2, 0.25) is 0 Å². The third kappa shape index (κ3) is 2.40. The highest BCUT2D eigenvalue weighted by molar-refractivity contribution is 7.22. The van der Waals surface area contributed by atoms with Gasteiger partial charge in [0, 0.05) is 17.4 Å². The average molecular weight is 303 g/mol. The van der Waals surface area contributed by atoms with Crippen molar-refractivity contribution in [2.75, 3.05) is 18.2 Å². The molecule has 0 atom stereocenters. The van der Waals surface area contributed by atoms with Crippen molar-refractivity contribution < 1.29 is 9.53 Å². The van der Waals surface area contributed by atoms with E-state index in [1.165, 1.54) is 17.5 Å². The summed E-state index contributed by atoms with van der Waals surface area (Å²) in [5, 5.41) is 9.79. The first-order valence-electron chi connectivity index (χ1n) is 6.14. The number of anilines is 2. The highest BCUT2D eigenvalue weighted by Crippen LogP contribution is 2.34. The third-order valence-electron chi connectivity index (χ3n) is 3.00. The molecule has 2 aromatic heterocycles. The van der Waals surface area contributed by atoms with E-state index in [1.54, 1.807) is 26.2 Å². The van der Waals surface area contributed by atoms with Crippen LogP contribution >= 0.6 is 11.3 Å². The predicted molar refractivity (Wildman–Crippen MR) is 81.9 cm³/mol. The van der Waals surface area contributed by atoms with Crippen molar-refractivity contribution in [1.82, 2.24) is 15.2 Å². The fourth-order valence-corrected chi connectivity index (χ4v) is 2.90. The largest absolute Gasteiger partial charge is 0.494 e. The number of thiazole rings is 1. The summed E-state index contributed by atoms with van der Waals surface area (Å²) in [6, 6.07) is 3.50. The Morgan fingerprint density at radius 1 is 1.48 bits per heavy atom. The van der Waals surface area contributed by atoms with Crippen molar-refractivity contribution in [3.05, 3.63) is 29.6 Å². The van der Waals surface area contributed by atoms with E-state index in [4.69, 9.17) is 10.5 Å². The summed E-state index contributed by atoms with van der Waals surface area (Å²) in [5.74, 6) is 0.327. The van der Waals surface area contributed by atoms with E-state index in [-0.39, 0.29) is 5.91 Å². The monoisotopic (exact) mass is 303 g/mol. The number of ether oxygens (including phenoxy) is 1. The van der Waals surface area contributed by atoms with Gasteiger partial charge in [0.15, 0.2) is 5.13 Å². The van der Waals surface area contributed by atoms with E-state index < -0.39 is 0 Å². The number of methoxy groups -OCH3 is 1. The van der Waals surface area contributed by atoms with Gasteiger partial charge in [0.05, 0.1) is 23.6 Å². The molecule has 0 unspecified atom stereocenters. The highest BCUT2D eigenvalue weighted by atomic mass is 32.1. The third-order valence-corrected chi connectivity index (χ3v) is 3.92. The van der Waals surface area contributed by atoms with E-state index in [9.17, 15) is 4.79 Å². The van der Waals surface area contributed by atoms with Crippen LogP contribution in [0.1, 0.15) is 16.1 Å². The molecular weight excluding hydrogens is 290 g/mol. The fourth-order valence-electron chi connectivity index (χ4n) is 1.97. The Morgan fingerprint density at radius 2 is 2.29 bits per heavy atom. The molecule has 0 aliphatic heterocycles. The molecule has 3 aromatic rings. The van der Waals surface area contributed by atoms with Crippen molar-refractivity contribution >= 4 is 38.3 Å². The molecule has 0 saturated carbocycles. The summed E-state index contributed by atoms with van der Waals surface area (Å²) < 4.78 is 6.11. The van der Waals surface area contributed by atoms with Gasteiger partial charge in [-0.3, -0.25) is 15.2 Å². The van der Waals surface area contributed by atoms with Gasteiger partial charge in [0.25, 0.3) is 5.91 Å². The van der Waals surface area contributed by atoms with Crippen LogP contribution < -0.4 is 15.8 Å². The molecule has 3 rings (SSSR count). The van der Waals surface area contributed by atoms with Crippen LogP contribution in [0.25, 0.3) is 10.2 Å². The maximum atomic E-state index is 12.1. The second kappa shape index (κ2) is 5.06. The van der Waals surface area contributed by atoms with Gasteiger partial charge in [-0.25, -0.2) is 4.98 Å². The topological polar surface area (TPSA) is 106 Å². The van der Waals surface area contributed by atoms with Crippen LogP contribution in [0.15, 0.2) is 18.3 Å². The summed E-state index contributed by atoms with van der Waals surface area (Å²) in [5.41, 5.74) is 8.26. The standard InChI is InChI=1S/C13H13N5O2S/c1-6-8(5-15-18-6)12(19)17-13-16-11-9(20-2)3-7(14)4-10(11)21-13/h3-5H,14H2,1-2H3,(H,15,18)(H,16,17,19). The molecule has 8 heteroatoms. The van der Waals surface area contributed by atoms with Gasteiger partial charge in [-0.2, -0.15) is 5.10 Å². The van der Waals surface area contributed by atoms with Gasteiger partial charge in [0.2, 0.25) is 0 Å². The lowest BCUT2D eigenvalue weighted by Gasteiger charge is -2.01. The normalized spacial score (nSPS) is 10.8. The number of nitrogen functional groups attached to an aromatic ring is 1. The molecule has 7 nitrogen and oxygen atoms in total. The average Bonchev–Trinajstić information content (AvgIpc) is 3.03. The molecule has 108 valence electrons. The van der Waals surface area contributed by atoms with Crippen molar-refractivity contribution in [2.45, 2.75) is 6.92 Å². The Bertz CT molecular complexity index is 823. The highest BCUT2D eigenvalue weighted by Gasteiger charge is 2.15. The number of nitrogens with zero attached hydrogens (tertiary/aromatic N) is 2. The summed E-state index contributed by atoms with van der Waals surface area (Å²) >= 11 is 1.34. The molecule has 4 N–H and O–H groups in total. The quantitative estimate of drug-likeness (QED) is 0.643. The number of carbonyl (C=O) groups is 1. The first-order chi connectivity index (χ1) is 10.1. The first kappa shape index (κ1) is 13.4. The molecule has 1 aromatic carbocycles. The number of aryl methyl sites for hydroxylation is 1. The number of H-pyrrole nitrogens is 1. The van der Waals surface area contributed by atoms with E-state index in [0.717, 1.165) is 4.70 Å². The molecular formula is C13H13N5O2S. The molecule has 0 spiro atoms. The number of hydrogen-bond donors (Lipinski definition) is 3. The maximum absolute atomic E-state index is 12.1. The number of aromatic nitrogens is 3. The summed E-state index contributed by atoms with van der Waals surface area (Å²) in [7, 11) is 1.56. The van der Waals surface area contributed by atoms with Gasteiger partial charge in [0.1, 0.15) is 11.3 Å². The molecule has 1 amide bonds. The smallest absolute Gasteiger partial charge is 0.260 e. The van der Waals surface area contributed by atoms with Crippen LogP contribution in [-0.2, 0) is 0 Å². The molecule has 0 saturated heterocycles. The molecule has 0 aliphatic carbocycles. The van der Waals surface area contributed by atoms with Gasteiger partial charge in [-0.05, 0) is 13.0 Å². The minimum atomic E-state index is -0.257. The van der Waals surface area contributed by atoms with Crippen molar-refractivity contribution in [3.8, 4) is 5.75 Å². The van der Waals surface area contributed by atoms with Crippen LogP contribution in [0.3, 0.4) is 0 Å². The maximum Gasteiger partial charge on any atom is 0.260 e. The minimum absolute atomic E-state index is 0.257. The molecule has 0 bridgehead atoms. The van der Waals surface area contributed by atoms with Crippen LogP contribution in [0.5, 0.6) is 5.75 Å². The first-order valence-corrected chi connectivity index (χ1v) is 6.95. The number of amides is 1. The zero-order valence-corrected chi connectivity index (χ0v) is 12.2. The van der Waals surface area contributed by atoms with E-state index in [2.05, 4.69) is 20.5 Å². The van der Waals surface area contributed by atoms with Crippen LogP contribution in [0.4, 0.5) is 10.8 Å². The number of rotatable bonds is 3. The number of fused-ring (bicyclic) bond motifs is 1. The fraction of sp³-hybridized carbons (Fsp3) is 0.154. The summed E-state index contributed by atoms with van der Waals surface area (Å²) in [4.78, 5) is 16.5. The Morgan fingerprint density at radius 3 is 2.95 bits per heavy atom. The molecule has 0 aliphatic rings. The number of nitrogens with two attached hydrogens (primary N) is 1. The number of carbonyl (C=O) groups excluding carboxylic acids is 1. The minimum Gasteiger partial charge on any atom is -0.494 e. The van der Waals surface area contributed by atoms with Crippen LogP contribution in [0, 0.1) is 6.92 Å². The molecule has 0 radical (unpaired) electrons. The lowest BCUT2D eigenvalue weighted by Crippen LogP contribution is -2.11. The molecule has 0 fully saturated rings. The van der Waals surface area contributed by atoms with Crippen molar-refractivity contribution in [3.63, 3.8) is 0 Å². The van der Waals surface area contributed by atoms with Gasteiger partial charge >= 0.3 is 0 Å². The summed E-state index contributed by atoms with van der Waals surface area (Å²) in [6.45, 7) is 1.78. The Labute approximate surface area is 124 Å². The molecule has 2 heterocycles. The lowest BCUT2D eigenvalue weighted by atomic mass is 10.2. The number of benzene rings is 1. The van der Waals surface area contributed by atoms with Gasteiger partial charge in [-0.1, -0.05) is 11.3 Å². The second-order valence-corrected chi connectivity index (χ2v) is 5.48. The van der Waals surface area contributed by atoms with Crippen molar-refractivity contribution in [1.29, 1.82) is 0 Å². The Hall–Kier alpha value is -2.61. The second-order valence-electron chi connectivity index (χ2n) is 4.45. The zero-order chi connectivity index (χ0) is 15.0. The van der Waals surface area contributed by atoms with Crippen molar-refractivity contribution in [2.24, 2.45) is 0 Å². The summed E-state index contributed by atoms with van der Waals surface area (Å²) in [6.07, 6.45) is 1.48. The number of aromatic amines is 1. The van der Waals surface area contributed by atoms with Gasteiger partial charge < -0.3 is 10.5 Å². The zero-order valence-electron chi connectivity index (χ0n) is 11.4. The van der Waals surface area contributed by atoms with E-state index in [1.807, 2.05) is 0 Å². The predicted octanol–water partition coefficient (Wildman–Crippen LogP) is 2.17. The SMILES string of the molecule is COc1cc(N)cc2sc(NC(=O)c3cn[nH]c3C)nc12. The number of hydrogen-bond acceptors (Lipinski definition) is 6.